The smallest absolute Gasteiger partial charge is 0.269 e. The predicted molar refractivity (Wildman–Crippen MR) is 96.9 cm³/mol. The van der Waals surface area contributed by atoms with Crippen LogP contribution in [-0.4, -0.2) is 18.7 Å². The number of unbranched alkanes of at least 4 members (excludes halogenated alkanes) is 1. The van der Waals surface area contributed by atoms with E-state index in [1.165, 1.54) is 0 Å². The normalized spacial score (nSPS) is 11.7. The summed E-state index contributed by atoms with van der Waals surface area (Å²) < 4.78 is 0. The molecule has 0 bridgehead atoms. The van der Waals surface area contributed by atoms with Crippen molar-refractivity contribution in [2.24, 2.45) is 0 Å². The summed E-state index contributed by atoms with van der Waals surface area (Å²) >= 11 is 5.85. The molecule has 0 heterocycles. The van der Waals surface area contributed by atoms with Crippen molar-refractivity contribution < 1.29 is 4.79 Å². The number of benzene rings is 1. The number of carbonyl (C=O) groups is 1. The van der Waals surface area contributed by atoms with Gasteiger partial charge in [-0.15, -0.1) is 0 Å². The van der Waals surface area contributed by atoms with Gasteiger partial charge in [-0.2, -0.15) is 0 Å². The first-order valence-corrected chi connectivity index (χ1v) is 8.42. The summed E-state index contributed by atoms with van der Waals surface area (Å²) in [5, 5.41) is 14.8. The van der Waals surface area contributed by atoms with Crippen LogP contribution in [0, 0.1) is 5.41 Å². The first kappa shape index (κ1) is 19.2. The SMILES string of the molecule is CCCC/C(C(=N)C(=O)NCc1ccc(Cl)cc1)=C(\CC)NC. The molecule has 126 valence electrons. The second kappa shape index (κ2) is 10.1. The zero-order valence-electron chi connectivity index (χ0n) is 14.1. The number of carbonyl (C=O) groups excluding carboxylic acids is 1. The van der Waals surface area contributed by atoms with Gasteiger partial charge in [0, 0.05) is 29.9 Å². The number of allylic oxidation sites excluding steroid dienone is 1. The molecule has 5 heteroatoms. The fourth-order valence-corrected chi connectivity index (χ4v) is 2.46. The van der Waals surface area contributed by atoms with Crippen molar-refractivity contribution in [1.82, 2.24) is 10.6 Å². The van der Waals surface area contributed by atoms with E-state index in [1.54, 1.807) is 12.1 Å². The third-order valence-electron chi connectivity index (χ3n) is 3.70. The fourth-order valence-electron chi connectivity index (χ4n) is 2.33. The fraction of sp³-hybridized carbons (Fsp3) is 0.444. The second-order valence-corrected chi connectivity index (χ2v) is 5.78. The Morgan fingerprint density at radius 1 is 1.22 bits per heavy atom. The van der Waals surface area contributed by atoms with E-state index in [2.05, 4.69) is 17.6 Å². The molecule has 0 aliphatic carbocycles. The largest absolute Gasteiger partial charge is 0.391 e. The molecule has 1 aromatic carbocycles. The van der Waals surface area contributed by atoms with Crippen LogP contribution in [0.25, 0.3) is 0 Å². The van der Waals surface area contributed by atoms with E-state index < -0.39 is 0 Å². The third kappa shape index (κ3) is 6.06. The predicted octanol–water partition coefficient (Wildman–Crippen LogP) is 4.05. The Kier molecular flexibility index (Phi) is 8.41. The van der Waals surface area contributed by atoms with Crippen molar-refractivity contribution >= 4 is 23.2 Å². The van der Waals surface area contributed by atoms with Gasteiger partial charge in [0.1, 0.15) is 5.71 Å². The van der Waals surface area contributed by atoms with E-state index in [4.69, 9.17) is 17.0 Å². The maximum absolute atomic E-state index is 12.3. The maximum atomic E-state index is 12.3. The highest BCUT2D eigenvalue weighted by atomic mass is 35.5. The van der Waals surface area contributed by atoms with Crippen LogP contribution in [0.4, 0.5) is 0 Å². The number of hydrogen-bond donors (Lipinski definition) is 3. The molecule has 0 unspecified atom stereocenters. The molecule has 1 aromatic rings. The Hall–Kier alpha value is -1.81. The van der Waals surface area contributed by atoms with Gasteiger partial charge in [0.25, 0.3) is 5.91 Å². The van der Waals surface area contributed by atoms with E-state index >= 15 is 0 Å². The molecule has 0 fully saturated rings. The molecule has 0 spiro atoms. The molecule has 0 aliphatic heterocycles. The van der Waals surface area contributed by atoms with Crippen LogP contribution in [0.5, 0.6) is 0 Å². The summed E-state index contributed by atoms with van der Waals surface area (Å²) in [6.07, 6.45) is 3.52. The van der Waals surface area contributed by atoms with Crippen LogP contribution in [0.15, 0.2) is 35.5 Å². The highest BCUT2D eigenvalue weighted by Gasteiger charge is 2.17. The van der Waals surface area contributed by atoms with Crippen LogP contribution >= 0.6 is 11.6 Å². The highest BCUT2D eigenvalue weighted by molar-refractivity contribution is 6.44. The van der Waals surface area contributed by atoms with Crippen molar-refractivity contribution in [1.29, 1.82) is 5.41 Å². The Bertz CT molecular complexity index is 558. The van der Waals surface area contributed by atoms with E-state index in [0.717, 1.165) is 42.5 Å². The number of amides is 1. The summed E-state index contributed by atoms with van der Waals surface area (Å²) in [5.41, 5.74) is 2.79. The zero-order chi connectivity index (χ0) is 17.2. The van der Waals surface area contributed by atoms with Crippen molar-refractivity contribution in [2.75, 3.05) is 7.05 Å². The van der Waals surface area contributed by atoms with Crippen LogP contribution in [0.1, 0.15) is 45.1 Å². The zero-order valence-corrected chi connectivity index (χ0v) is 14.9. The summed E-state index contributed by atoms with van der Waals surface area (Å²) in [6, 6.07) is 7.31. The quantitative estimate of drug-likeness (QED) is 0.596. The Balaban J connectivity index is 2.76. The van der Waals surface area contributed by atoms with Gasteiger partial charge in [-0.25, -0.2) is 0 Å². The minimum Gasteiger partial charge on any atom is -0.391 e. The standard InChI is InChI=1S/C18H26ClN3O/c1-4-6-7-15(16(5-2)21-3)17(20)18(23)22-12-13-8-10-14(19)11-9-13/h8-11,20-21H,4-7,12H2,1-3H3,(H,22,23)/b16-15-,20-17?. The Morgan fingerprint density at radius 3 is 2.39 bits per heavy atom. The minimum absolute atomic E-state index is 0.0543. The third-order valence-corrected chi connectivity index (χ3v) is 3.95. The number of hydrogen-bond acceptors (Lipinski definition) is 3. The van der Waals surface area contributed by atoms with Crippen molar-refractivity contribution in [2.45, 2.75) is 46.1 Å². The average Bonchev–Trinajstić information content (AvgIpc) is 2.57. The molecule has 0 atom stereocenters. The van der Waals surface area contributed by atoms with Crippen molar-refractivity contribution in [3.05, 3.63) is 46.1 Å². The van der Waals surface area contributed by atoms with Gasteiger partial charge in [-0.3, -0.25) is 10.2 Å². The lowest BCUT2D eigenvalue weighted by Crippen LogP contribution is -2.32. The van der Waals surface area contributed by atoms with Crippen molar-refractivity contribution in [3.8, 4) is 0 Å². The maximum Gasteiger partial charge on any atom is 0.269 e. The molecule has 0 radical (unpaired) electrons. The van der Waals surface area contributed by atoms with E-state index in [9.17, 15) is 4.79 Å². The van der Waals surface area contributed by atoms with Crippen molar-refractivity contribution in [3.63, 3.8) is 0 Å². The van der Waals surface area contributed by atoms with Gasteiger partial charge in [-0.1, -0.05) is 44.0 Å². The first-order chi connectivity index (χ1) is 11.0. The van der Waals surface area contributed by atoms with E-state index in [-0.39, 0.29) is 11.6 Å². The van der Waals surface area contributed by atoms with Crippen LogP contribution in [0.2, 0.25) is 5.02 Å². The lowest BCUT2D eigenvalue weighted by atomic mass is 9.99. The first-order valence-electron chi connectivity index (χ1n) is 8.04. The second-order valence-electron chi connectivity index (χ2n) is 5.35. The molecule has 23 heavy (non-hydrogen) atoms. The van der Waals surface area contributed by atoms with E-state index in [0.29, 0.717) is 11.6 Å². The molecule has 0 aromatic heterocycles. The van der Waals surface area contributed by atoms with Gasteiger partial charge in [0.15, 0.2) is 0 Å². The lowest BCUT2D eigenvalue weighted by Gasteiger charge is -2.15. The van der Waals surface area contributed by atoms with E-state index in [1.807, 2.05) is 26.1 Å². The van der Waals surface area contributed by atoms with Crippen LogP contribution in [0.3, 0.4) is 0 Å². The molecular weight excluding hydrogens is 310 g/mol. The molecule has 0 saturated carbocycles. The lowest BCUT2D eigenvalue weighted by molar-refractivity contribution is -0.115. The molecule has 1 rings (SSSR count). The van der Waals surface area contributed by atoms with Gasteiger partial charge in [0.05, 0.1) is 0 Å². The van der Waals surface area contributed by atoms with Gasteiger partial charge < -0.3 is 10.6 Å². The van der Waals surface area contributed by atoms with Gasteiger partial charge in [0.2, 0.25) is 0 Å². The number of halogens is 1. The molecule has 3 N–H and O–H groups in total. The Labute approximate surface area is 143 Å². The summed E-state index contributed by atoms with van der Waals surface area (Å²) in [5.74, 6) is -0.341. The number of rotatable bonds is 9. The Morgan fingerprint density at radius 2 is 1.87 bits per heavy atom. The molecule has 4 nitrogen and oxygen atoms in total. The molecule has 0 aliphatic rings. The molecular formula is C18H26ClN3O. The minimum atomic E-state index is -0.341. The summed E-state index contributed by atoms with van der Waals surface area (Å²) in [4.78, 5) is 12.3. The monoisotopic (exact) mass is 335 g/mol. The van der Waals surface area contributed by atoms with Gasteiger partial charge in [-0.05, 0) is 37.0 Å². The highest BCUT2D eigenvalue weighted by Crippen LogP contribution is 2.15. The molecule has 0 saturated heterocycles. The average molecular weight is 336 g/mol. The molecule has 1 amide bonds. The summed E-state index contributed by atoms with van der Waals surface area (Å²) in [6.45, 7) is 4.52. The number of nitrogens with one attached hydrogen (secondary N) is 3. The van der Waals surface area contributed by atoms with Crippen LogP contribution < -0.4 is 10.6 Å². The topological polar surface area (TPSA) is 65.0 Å². The van der Waals surface area contributed by atoms with Crippen LogP contribution in [-0.2, 0) is 11.3 Å². The van der Waals surface area contributed by atoms with Gasteiger partial charge >= 0.3 is 0 Å². The summed E-state index contributed by atoms with van der Waals surface area (Å²) in [7, 11) is 1.84.